The summed E-state index contributed by atoms with van der Waals surface area (Å²) in [6, 6.07) is 0. The summed E-state index contributed by atoms with van der Waals surface area (Å²) in [6.45, 7) is 3.08. The largest absolute Gasteiger partial charge is 0.339 e. The van der Waals surface area contributed by atoms with Crippen LogP contribution in [0.4, 0.5) is 5.95 Å². The summed E-state index contributed by atoms with van der Waals surface area (Å²) in [5.74, 6) is 0.755. The molecule has 120 valence electrons. The number of aromatic nitrogens is 2. The summed E-state index contributed by atoms with van der Waals surface area (Å²) in [7, 11) is 0. The lowest BCUT2D eigenvalue weighted by Crippen LogP contribution is -2.50. The van der Waals surface area contributed by atoms with Crippen LogP contribution in [-0.4, -0.2) is 53.5 Å². The molecule has 7 nitrogen and oxygen atoms in total. The molecule has 0 aromatic carbocycles. The first-order chi connectivity index (χ1) is 10.7. The molecular weight excluding hydrogens is 282 g/mol. The number of carbonyl (C=O) groups is 1. The van der Waals surface area contributed by atoms with Gasteiger partial charge in [-0.15, -0.1) is 0 Å². The van der Waals surface area contributed by atoms with Crippen LogP contribution in [0.1, 0.15) is 30.5 Å². The minimum atomic E-state index is 0.00124. The van der Waals surface area contributed by atoms with E-state index in [2.05, 4.69) is 14.9 Å². The molecule has 0 saturated carbocycles. The molecule has 1 aromatic heterocycles. The monoisotopic (exact) mass is 305 g/mol. The van der Waals surface area contributed by atoms with Crippen LogP contribution >= 0.6 is 0 Å². The molecule has 0 bridgehead atoms. The number of hydrogen-bond acceptors (Lipinski definition) is 5. The van der Waals surface area contributed by atoms with Gasteiger partial charge in [0.1, 0.15) is 0 Å². The summed E-state index contributed by atoms with van der Waals surface area (Å²) in [5.41, 5.74) is 7.23. The standard InChI is InChI=1S/C15H23N5O2/c16-6-5-13(21)19-7-9-20(10-8-19)15-17-12-4-2-1-3-11(12)14(22)18-15/h1-10,16H2,(H,17,18,22). The smallest absolute Gasteiger partial charge is 0.255 e. The highest BCUT2D eigenvalue weighted by molar-refractivity contribution is 5.76. The summed E-state index contributed by atoms with van der Waals surface area (Å²) >= 11 is 0. The van der Waals surface area contributed by atoms with Gasteiger partial charge >= 0.3 is 0 Å². The van der Waals surface area contributed by atoms with Gasteiger partial charge in [0.25, 0.3) is 5.56 Å². The Labute approximate surface area is 129 Å². The second-order valence-electron chi connectivity index (χ2n) is 5.93. The molecule has 1 saturated heterocycles. The van der Waals surface area contributed by atoms with Gasteiger partial charge in [-0.2, -0.15) is 0 Å². The van der Waals surface area contributed by atoms with Crippen molar-refractivity contribution >= 4 is 11.9 Å². The van der Waals surface area contributed by atoms with E-state index in [-0.39, 0.29) is 11.5 Å². The fourth-order valence-electron chi connectivity index (χ4n) is 3.19. The predicted octanol–water partition coefficient (Wildman–Crippen LogP) is -0.354. The highest BCUT2D eigenvalue weighted by Crippen LogP contribution is 2.18. The molecule has 0 unspecified atom stereocenters. The SMILES string of the molecule is NCCC(=O)N1CCN(c2nc3c(c(=O)[nH]2)CCCC3)CC1. The molecule has 0 atom stereocenters. The zero-order valence-electron chi connectivity index (χ0n) is 12.8. The zero-order valence-corrected chi connectivity index (χ0v) is 12.8. The van der Waals surface area contributed by atoms with Gasteiger partial charge in [0.05, 0.1) is 5.69 Å². The number of nitrogens with one attached hydrogen (secondary N) is 1. The highest BCUT2D eigenvalue weighted by Gasteiger charge is 2.23. The third-order valence-corrected chi connectivity index (χ3v) is 4.47. The van der Waals surface area contributed by atoms with Crippen molar-refractivity contribution in [2.75, 3.05) is 37.6 Å². The van der Waals surface area contributed by atoms with Crippen LogP contribution in [0.3, 0.4) is 0 Å². The molecule has 0 radical (unpaired) electrons. The van der Waals surface area contributed by atoms with E-state index >= 15 is 0 Å². The lowest BCUT2D eigenvalue weighted by Gasteiger charge is -2.35. The van der Waals surface area contributed by atoms with Crippen molar-refractivity contribution < 1.29 is 4.79 Å². The van der Waals surface area contributed by atoms with E-state index < -0.39 is 0 Å². The maximum absolute atomic E-state index is 12.2. The summed E-state index contributed by atoms with van der Waals surface area (Å²) in [4.78, 5) is 35.5. The van der Waals surface area contributed by atoms with E-state index in [4.69, 9.17) is 5.73 Å². The van der Waals surface area contributed by atoms with E-state index in [9.17, 15) is 9.59 Å². The fraction of sp³-hybridized carbons (Fsp3) is 0.667. The Balaban J connectivity index is 1.70. The number of rotatable bonds is 3. The number of nitrogens with zero attached hydrogens (tertiary/aromatic N) is 3. The van der Waals surface area contributed by atoms with Crippen LogP contribution < -0.4 is 16.2 Å². The molecule has 2 heterocycles. The third-order valence-electron chi connectivity index (χ3n) is 4.47. The summed E-state index contributed by atoms with van der Waals surface area (Å²) in [6.07, 6.45) is 4.29. The van der Waals surface area contributed by atoms with E-state index in [1.54, 1.807) is 0 Å². The number of fused-ring (bicyclic) bond motifs is 1. The minimum absolute atomic E-state index is 0.00124. The molecule has 7 heteroatoms. The van der Waals surface area contributed by atoms with Gasteiger partial charge in [-0.05, 0) is 25.7 Å². The number of H-pyrrole nitrogens is 1. The van der Waals surface area contributed by atoms with E-state index in [0.717, 1.165) is 36.9 Å². The Morgan fingerprint density at radius 2 is 1.91 bits per heavy atom. The Bertz CT molecular complexity index is 604. The molecule has 1 aliphatic carbocycles. The number of hydrogen-bond donors (Lipinski definition) is 2. The number of nitrogens with two attached hydrogens (primary N) is 1. The Morgan fingerprint density at radius 1 is 1.18 bits per heavy atom. The van der Waals surface area contributed by atoms with Gasteiger partial charge in [0, 0.05) is 44.7 Å². The summed E-state index contributed by atoms with van der Waals surface area (Å²) < 4.78 is 0. The highest BCUT2D eigenvalue weighted by atomic mass is 16.2. The molecule has 3 rings (SSSR count). The first-order valence-electron chi connectivity index (χ1n) is 8.04. The number of anilines is 1. The van der Waals surface area contributed by atoms with Crippen LogP contribution in [0.25, 0.3) is 0 Å². The quantitative estimate of drug-likeness (QED) is 0.795. The first-order valence-corrected chi connectivity index (χ1v) is 8.04. The molecule has 1 aliphatic heterocycles. The first kappa shape index (κ1) is 15.0. The second-order valence-corrected chi connectivity index (χ2v) is 5.93. The van der Waals surface area contributed by atoms with E-state index in [1.807, 2.05) is 4.90 Å². The maximum Gasteiger partial charge on any atom is 0.255 e. The van der Waals surface area contributed by atoms with Crippen LogP contribution in [-0.2, 0) is 17.6 Å². The van der Waals surface area contributed by atoms with Crippen molar-refractivity contribution in [3.63, 3.8) is 0 Å². The predicted molar refractivity (Wildman–Crippen MR) is 84.0 cm³/mol. The van der Waals surface area contributed by atoms with Crippen LogP contribution in [0.15, 0.2) is 4.79 Å². The van der Waals surface area contributed by atoms with Crippen LogP contribution in [0.2, 0.25) is 0 Å². The number of carbonyl (C=O) groups excluding carboxylic acids is 1. The Hall–Kier alpha value is -1.89. The van der Waals surface area contributed by atoms with Gasteiger partial charge < -0.3 is 15.5 Å². The third kappa shape index (κ3) is 2.99. The van der Waals surface area contributed by atoms with Crippen molar-refractivity contribution in [3.05, 3.63) is 21.6 Å². The molecule has 3 N–H and O–H groups in total. The van der Waals surface area contributed by atoms with E-state index in [1.165, 1.54) is 0 Å². The van der Waals surface area contributed by atoms with Crippen LogP contribution in [0, 0.1) is 0 Å². The fourth-order valence-corrected chi connectivity index (χ4v) is 3.19. The van der Waals surface area contributed by atoms with Gasteiger partial charge in [0.2, 0.25) is 11.9 Å². The number of aryl methyl sites for hydroxylation is 1. The Kier molecular flexibility index (Phi) is 4.42. The lowest BCUT2D eigenvalue weighted by molar-refractivity contribution is -0.131. The molecule has 1 fully saturated rings. The molecule has 1 amide bonds. The van der Waals surface area contributed by atoms with Crippen molar-refractivity contribution in [1.29, 1.82) is 0 Å². The topological polar surface area (TPSA) is 95.3 Å². The van der Waals surface area contributed by atoms with Crippen molar-refractivity contribution in [2.24, 2.45) is 5.73 Å². The molecule has 2 aliphatic rings. The van der Waals surface area contributed by atoms with Gasteiger partial charge in [0.15, 0.2) is 0 Å². The number of amides is 1. The Morgan fingerprint density at radius 3 is 2.64 bits per heavy atom. The van der Waals surface area contributed by atoms with E-state index in [0.29, 0.717) is 45.1 Å². The lowest BCUT2D eigenvalue weighted by atomic mass is 9.97. The normalized spacial score (nSPS) is 18.2. The van der Waals surface area contributed by atoms with Crippen molar-refractivity contribution in [2.45, 2.75) is 32.1 Å². The van der Waals surface area contributed by atoms with Gasteiger partial charge in [-0.1, -0.05) is 0 Å². The molecule has 0 spiro atoms. The second kappa shape index (κ2) is 6.48. The average molecular weight is 305 g/mol. The molecular formula is C15H23N5O2. The zero-order chi connectivity index (χ0) is 15.5. The van der Waals surface area contributed by atoms with Crippen molar-refractivity contribution in [1.82, 2.24) is 14.9 Å². The van der Waals surface area contributed by atoms with Gasteiger partial charge in [-0.25, -0.2) is 4.98 Å². The minimum Gasteiger partial charge on any atom is -0.339 e. The van der Waals surface area contributed by atoms with Crippen LogP contribution in [0.5, 0.6) is 0 Å². The molecule has 22 heavy (non-hydrogen) atoms. The number of aromatic amines is 1. The average Bonchev–Trinajstić information content (AvgIpc) is 2.55. The van der Waals surface area contributed by atoms with Crippen molar-refractivity contribution in [3.8, 4) is 0 Å². The molecule has 1 aromatic rings. The van der Waals surface area contributed by atoms with Gasteiger partial charge in [-0.3, -0.25) is 14.6 Å². The number of piperazine rings is 1. The maximum atomic E-state index is 12.2. The summed E-state index contributed by atoms with van der Waals surface area (Å²) in [5, 5.41) is 0.